The molecular weight excluding hydrogens is 266 g/mol. The Kier molecular flexibility index (Phi) is 3.85. The first-order valence-electron chi connectivity index (χ1n) is 6.96. The van der Waals surface area contributed by atoms with E-state index < -0.39 is 0 Å². The van der Waals surface area contributed by atoms with Gasteiger partial charge in [0.1, 0.15) is 0 Å². The Morgan fingerprint density at radius 1 is 1.30 bits per heavy atom. The maximum absolute atomic E-state index is 4.50. The molecule has 3 rings (SSSR count). The number of hydrogen-bond acceptors (Lipinski definition) is 3. The zero-order chi connectivity index (χ0) is 13.9. The standard InChI is InChI=1S/C16H19N3S/c1-3-17-15(10-12-8-9-19(2)18-12)14-11-20-16-7-5-4-6-13(14)16/h4-9,11,15,17H,3,10H2,1-2H3. The number of nitrogens with one attached hydrogen (secondary N) is 1. The van der Waals surface area contributed by atoms with Gasteiger partial charge in [-0.3, -0.25) is 4.68 Å². The van der Waals surface area contributed by atoms with Crippen LogP contribution in [-0.2, 0) is 13.5 Å². The Morgan fingerprint density at radius 2 is 2.15 bits per heavy atom. The monoisotopic (exact) mass is 285 g/mol. The summed E-state index contributed by atoms with van der Waals surface area (Å²) in [5.41, 5.74) is 2.52. The second-order valence-corrected chi connectivity index (χ2v) is 5.89. The minimum Gasteiger partial charge on any atom is -0.310 e. The van der Waals surface area contributed by atoms with E-state index in [1.54, 1.807) is 0 Å². The molecule has 20 heavy (non-hydrogen) atoms. The minimum atomic E-state index is 0.325. The highest BCUT2D eigenvalue weighted by atomic mass is 32.1. The van der Waals surface area contributed by atoms with Crippen LogP contribution in [0.3, 0.4) is 0 Å². The van der Waals surface area contributed by atoms with Crippen molar-refractivity contribution in [2.75, 3.05) is 6.54 Å². The molecule has 1 N–H and O–H groups in total. The summed E-state index contributed by atoms with van der Waals surface area (Å²) in [5, 5.41) is 11.7. The average molecular weight is 285 g/mol. The van der Waals surface area contributed by atoms with Gasteiger partial charge in [-0.15, -0.1) is 11.3 Å². The smallest absolute Gasteiger partial charge is 0.0643 e. The van der Waals surface area contributed by atoms with E-state index in [1.807, 2.05) is 29.3 Å². The highest BCUT2D eigenvalue weighted by Gasteiger charge is 2.16. The van der Waals surface area contributed by atoms with Gasteiger partial charge in [-0.05, 0) is 35.0 Å². The highest BCUT2D eigenvalue weighted by molar-refractivity contribution is 7.17. The molecule has 104 valence electrons. The van der Waals surface area contributed by atoms with Gasteiger partial charge >= 0.3 is 0 Å². The van der Waals surface area contributed by atoms with Crippen molar-refractivity contribution in [3.8, 4) is 0 Å². The van der Waals surface area contributed by atoms with Gasteiger partial charge in [0.2, 0.25) is 0 Å². The van der Waals surface area contributed by atoms with Crippen LogP contribution in [-0.4, -0.2) is 16.3 Å². The van der Waals surface area contributed by atoms with E-state index >= 15 is 0 Å². The summed E-state index contributed by atoms with van der Waals surface area (Å²) >= 11 is 1.82. The first kappa shape index (κ1) is 13.3. The molecule has 0 fully saturated rings. The highest BCUT2D eigenvalue weighted by Crippen LogP contribution is 2.31. The lowest BCUT2D eigenvalue weighted by Gasteiger charge is -2.16. The molecule has 0 aliphatic rings. The summed E-state index contributed by atoms with van der Waals surface area (Å²) in [7, 11) is 1.96. The maximum atomic E-state index is 4.50. The van der Waals surface area contributed by atoms with Crippen LogP contribution < -0.4 is 5.32 Å². The molecule has 4 heteroatoms. The van der Waals surface area contributed by atoms with Gasteiger partial charge in [0.15, 0.2) is 0 Å². The van der Waals surface area contributed by atoms with Gasteiger partial charge in [0.25, 0.3) is 0 Å². The van der Waals surface area contributed by atoms with E-state index in [0.717, 1.165) is 18.7 Å². The lowest BCUT2D eigenvalue weighted by Crippen LogP contribution is -2.23. The summed E-state index contributed by atoms with van der Waals surface area (Å²) in [5.74, 6) is 0. The predicted molar refractivity (Wildman–Crippen MR) is 85.2 cm³/mol. The molecule has 0 radical (unpaired) electrons. The summed E-state index contributed by atoms with van der Waals surface area (Å²) in [4.78, 5) is 0. The lowest BCUT2D eigenvalue weighted by atomic mass is 10.0. The summed E-state index contributed by atoms with van der Waals surface area (Å²) in [6, 6.07) is 11.0. The van der Waals surface area contributed by atoms with Gasteiger partial charge in [0.05, 0.1) is 5.69 Å². The largest absolute Gasteiger partial charge is 0.310 e. The molecule has 3 nitrogen and oxygen atoms in total. The number of fused-ring (bicyclic) bond motifs is 1. The fourth-order valence-electron chi connectivity index (χ4n) is 2.59. The van der Waals surface area contributed by atoms with Gasteiger partial charge in [-0.2, -0.15) is 5.10 Å². The lowest BCUT2D eigenvalue weighted by molar-refractivity contribution is 0.544. The molecule has 0 amide bonds. The molecule has 2 heterocycles. The summed E-state index contributed by atoms with van der Waals surface area (Å²) < 4.78 is 3.22. The van der Waals surface area contributed by atoms with E-state index in [2.05, 4.69) is 53.1 Å². The molecule has 0 aliphatic heterocycles. The Bertz CT molecular complexity index is 698. The average Bonchev–Trinajstić information content (AvgIpc) is 3.04. The van der Waals surface area contributed by atoms with Crippen LogP contribution in [0.2, 0.25) is 0 Å². The van der Waals surface area contributed by atoms with E-state index in [-0.39, 0.29) is 0 Å². The first-order valence-corrected chi connectivity index (χ1v) is 7.84. The number of aromatic nitrogens is 2. The number of benzene rings is 1. The number of aryl methyl sites for hydroxylation is 1. The molecule has 1 unspecified atom stereocenters. The number of likely N-dealkylation sites (N-methyl/N-ethyl adjacent to an activating group) is 1. The Balaban J connectivity index is 1.93. The Morgan fingerprint density at radius 3 is 2.90 bits per heavy atom. The normalized spacial score (nSPS) is 12.9. The topological polar surface area (TPSA) is 29.9 Å². The van der Waals surface area contributed by atoms with Crippen molar-refractivity contribution in [3.63, 3.8) is 0 Å². The number of rotatable bonds is 5. The molecular formula is C16H19N3S. The van der Waals surface area contributed by atoms with Crippen molar-refractivity contribution in [2.24, 2.45) is 7.05 Å². The molecule has 0 aliphatic carbocycles. The van der Waals surface area contributed by atoms with Crippen molar-refractivity contribution in [1.29, 1.82) is 0 Å². The fourth-order valence-corrected chi connectivity index (χ4v) is 3.60. The van der Waals surface area contributed by atoms with Gasteiger partial charge in [0, 0.05) is 30.4 Å². The summed E-state index contributed by atoms with van der Waals surface area (Å²) in [6.07, 6.45) is 2.93. The van der Waals surface area contributed by atoms with E-state index in [4.69, 9.17) is 0 Å². The molecule has 1 atom stereocenters. The van der Waals surface area contributed by atoms with Crippen LogP contribution in [0.25, 0.3) is 10.1 Å². The number of thiophene rings is 1. The van der Waals surface area contributed by atoms with Crippen molar-refractivity contribution in [1.82, 2.24) is 15.1 Å². The van der Waals surface area contributed by atoms with E-state index in [9.17, 15) is 0 Å². The third-order valence-corrected chi connectivity index (χ3v) is 4.50. The third-order valence-electron chi connectivity index (χ3n) is 3.52. The predicted octanol–water partition coefficient (Wildman–Crippen LogP) is 3.53. The zero-order valence-electron chi connectivity index (χ0n) is 11.8. The fraction of sp³-hybridized carbons (Fsp3) is 0.312. The molecule has 2 aromatic heterocycles. The maximum Gasteiger partial charge on any atom is 0.0643 e. The van der Waals surface area contributed by atoms with E-state index in [0.29, 0.717) is 6.04 Å². The molecule has 1 aromatic carbocycles. The minimum absolute atomic E-state index is 0.325. The molecule has 0 bridgehead atoms. The van der Waals surface area contributed by atoms with Gasteiger partial charge < -0.3 is 5.32 Å². The second-order valence-electron chi connectivity index (χ2n) is 4.98. The number of hydrogen-bond donors (Lipinski definition) is 1. The van der Waals surface area contributed by atoms with E-state index in [1.165, 1.54) is 15.6 Å². The molecule has 0 spiro atoms. The zero-order valence-corrected chi connectivity index (χ0v) is 12.7. The van der Waals surface area contributed by atoms with Crippen LogP contribution in [0, 0.1) is 0 Å². The Labute approximate surface area is 123 Å². The SMILES string of the molecule is CCNC(Cc1ccn(C)n1)c1csc2ccccc12. The van der Waals surface area contributed by atoms with Crippen LogP contribution in [0.15, 0.2) is 41.9 Å². The third kappa shape index (κ3) is 2.62. The van der Waals surface area contributed by atoms with Crippen LogP contribution in [0.4, 0.5) is 0 Å². The molecule has 0 saturated carbocycles. The second kappa shape index (κ2) is 5.77. The molecule has 0 saturated heterocycles. The van der Waals surface area contributed by atoms with Crippen LogP contribution in [0.5, 0.6) is 0 Å². The first-order chi connectivity index (χ1) is 9.78. The molecule has 3 aromatic rings. The van der Waals surface area contributed by atoms with Gasteiger partial charge in [-0.25, -0.2) is 0 Å². The van der Waals surface area contributed by atoms with Crippen LogP contribution >= 0.6 is 11.3 Å². The van der Waals surface area contributed by atoms with Crippen molar-refractivity contribution in [3.05, 3.63) is 53.2 Å². The Hall–Kier alpha value is -1.65. The van der Waals surface area contributed by atoms with Crippen molar-refractivity contribution in [2.45, 2.75) is 19.4 Å². The van der Waals surface area contributed by atoms with Gasteiger partial charge in [-0.1, -0.05) is 25.1 Å². The van der Waals surface area contributed by atoms with Crippen LogP contribution in [0.1, 0.15) is 24.2 Å². The quantitative estimate of drug-likeness (QED) is 0.777. The van der Waals surface area contributed by atoms with Crippen molar-refractivity contribution >= 4 is 21.4 Å². The summed E-state index contributed by atoms with van der Waals surface area (Å²) in [6.45, 7) is 3.11. The number of nitrogens with zero attached hydrogens (tertiary/aromatic N) is 2. The van der Waals surface area contributed by atoms with Crippen molar-refractivity contribution < 1.29 is 0 Å².